The molecule has 3 fully saturated rings. The maximum absolute atomic E-state index is 3.15. The van der Waals surface area contributed by atoms with Crippen molar-refractivity contribution in [1.29, 1.82) is 0 Å². The summed E-state index contributed by atoms with van der Waals surface area (Å²) in [6.45, 7) is 31.2. The van der Waals surface area contributed by atoms with E-state index in [0.717, 1.165) is 0 Å². The first-order chi connectivity index (χ1) is 10.7. The van der Waals surface area contributed by atoms with Gasteiger partial charge in [0.25, 0.3) is 0 Å². The Morgan fingerprint density at radius 2 is 0.750 bits per heavy atom. The van der Waals surface area contributed by atoms with Crippen LogP contribution in [-0.4, -0.2) is 93.4 Å². The summed E-state index contributed by atoms with van der Waals surface area (Å²) in [6, 6.07) is 0. The molecule has 0 aromatic heterocycles. The molecule has 0 unspecified atom stereocenters. The van der Waals surface area contributed by atoms with Gasteiger partial charge in [0.15, 0.2) is 0 Å². The van der Waals surface area contributed by atoms with Crippen molar-refractivity contribution in [3.63, 3.8) is 0 Å². The van der Waals surface area contributed by atoms with Gasteiger partial charge in [-0.1, -0.05) is 0 Å². The Morgan fingerprint density at radius 1 is 0.500 bits per heavy atom. The normalized spacial score (nSPS) is 32.5. The zero-order valence-electron chi connectivity index (χ0n) is 18.0. The van der Waals surface area contributed by atoms with Crippen molar-refractivity contribution in [2.75, 3.05) is 39.3 Å². The zero-order valence-corrected chi connectivity index (χ0v) is 23.1. The van der Waals surface area contributed by atoms with E-state index < -0.39 is 38.6 Å². The molecule has 0 spiro atoms. The molecular weight excluding hydrogens is 405 g/mol. The van der Waals surface area contributed by atoms with Gasteiger partial charge in [-0.25, -0.2) is 0 Å². The fraction of sp³-hybridized carbons (Fsp3) is 1.00. The van der Waals surface area contributed by atoms with Gasteiger partial charge < -0.3 is 0 Å². The van der Waals surface area contributed by atoms with Crippen molar-refractivity contribution in [2.24, 2.45) is 0 Å². The average molecular weight is 447 g/mol. The number of rotatable bonds is 3. The van der Waals surface area contributed by atoms with E-state index in [1.54, 1.807) is 0 Å². The molecule has 3 saturated heterocycles. The van der Waals surface area contributed by atoms with Gasteiger partial charge in [-0.05, 0) is 0 Å². The molecule has 4 nitrogen and oxygen atoms in total. The Morgan fingerprint density at radius 3 is 0.958 bits per heavy atom. The first kappa shape index (κ1) is 21.3. The number of hydrogen-bond acceptors (Lipinski definition) is 4. The Hall–Kier alpha value is 1.03. The molecule has 3 aliphatic heterocycles. The Kier molecular flexibility index (Phi) is 6.12. The van der Waals surface area contributed by atoms with Crippen LogP contribution >= 0.6 is 0 Å². The molecule has 0 amide bonds. The van der Waals surface area contributed by atoms with Crippen molar-refractivity contribution < 1.29 is 0 Å². The van der Waals surface area contributed by atoms with E-state index in [0.29, 0.717) is 0 Å². The summed E-state index contributed by atoms with van der Waals surface area (Å²) in [5, 5.41) is 0. The third-order valence-electron chi connectivity index (χ3n) is 5.88. The standard InChI is InChI=1S/C16H42GeN4Si3/c1-17-19(22(2,3)4)14-11-18(12-15-20(17)23(5,6)7)13-16-21(17)24(8,9)10/h11-16H2,1-10H3. The van der Waals surface area contributed by atoms with E-state index in [2.05, 4.69) is 80.1 Å². The van der Waals surface area contributed by atoms with Gasteiger partial charge in [0.05, 0.1) is 0 Å². The Bertz CT molecular complexity index is 391. The third kappa shape index (κ3) is 4.13. The van der Waals surface area contributed by atoms with Crippen LogP contribution < -0.4 is 0 Å². The van der Waals surface area contributed by atoms with Crippen LogP contribution in [0.4, 0.5) is 0 Å². The first-order valence-corrected chi connectivity index (χ1v) is 25.0. The van der Waals surface area contributed by atoms with Crippen LogP contribution in [0.3, 0.4) is 0 Å². The SMILES string of the molecule is C[Si](C)(C)[N]1CCN2CC[N]([Si](C)(C)C)[Ge]1([CH3])[N]([Si](C)(C)C)CC2. The summed E-state index contributed by atoms with van der Waals surface area (Å²) in [5.41, 5.74) is 0. The number of fused-ring (bicyclic) bond motifs is 6. The Balaban J connectivity index is 2.66. The van der Waals surface area contributed by atoms with E-state index in [9.17, 15) is 0 Å². The maximum atomic E-state index is 3.15. The quantitative estimate of drug-likeness (QED) is 0.616. The van der Waals surface area contributed by atoms with Crippen molar-refractivity contribution in [1.82, 2.24) is 15.5 Å². The van der Waals surface area contributed by atoms with E-state index in [1.165, 1.54) is 39.3 Å². The average Bonchev–Trinajstić information content (AvgIpc) is 2.26. The predicted octanol–water partition coefficient (Wildman–Crippen LogP) is 3.30. The summed E-state index contributed by atoms with van der Waals surface area (Å²) in [4.78, 5) is 2.76. The minimum atomic E-state index is -2.49. The molecule has 0 aromatic carbocycles. The molecule has 0 radical (unpaired) electrons. The van der Waals surface area contributed by atoms with Crippen LogP contribution in [0.2, 0.25) is 64.7 Å². The van der Waals surface area contributed by atoms with Gasteiger partial charge in [0, 0.05) is 0 Å². The molecule has 24 heavy (non-hydrogen) atoms. The summed E-state index contributed by atoms with van der Waals surface area (Å²) in [5.74, 6) is 2.77. The molecule has 0 aromatic rings. The third-order valence-corrected chi connectivity index (χ3v) is 38.5. The van der Waals surface area contributed by atoms with Crippen LogP contribution in [0.15, 0.2) is 0 Å². The second-order valence-corrected chi connectivity index (χ2v) is 35.7. The fourth-order valence-corrected chi connectivity index (χ4v) is 45.6. The van der Waals surface area contributed by atoms with E-state index in [-0.39, 0.29) is 0 Å². The molecule has 8 heteroatoms. The van der Waals surface area contributed by atoms with Crippen LogP contribution in [0, 0.1) is 0 Å². The second-order valence-electron chi connectivity index (χ2n) is 10.8. The second kappa shape index (κ2) is 6.89. The number of nitrogens with zero attached hydrogens (tertiary/aromatic N) is 4. The van der Waals surface area contributed by atoms with E-state index in [4.69, 9.17) is 0 Å². The summed E-state index contributed by atoms with van der Waals surface area (Å²) in [7, 11) is -4.06. The summed E-state index contributed by atoms with van der Waals surface area (Å²) >= 11 is -2.49. The molecule has 0 aliphatic carbocycles. The van der Waals surface area contributed by atoms with Crippen LogP contribution in [0.1, 0.15) is 0 Å². The van der Waals surface area contributed by atoms with Gasteiger partial charge in [-0.15, -0.1) is 0 Å². The van der Waals surface area contributed by atoms with Crippen LogP contribution in [0.5, 0.6) is 0 Å². The van der Waals surface area contributed by atoms with Crippen LogP contribution in [-0.2, 0) is 0 Å². The van der Waals surface area contributed by atoms with Crippen molar-refractivity contribution in [3.05, 3.63) is 0 Å². The van der Waals surface area contributed by atoms with E-state index >= 15 is 0 Å². The van der Waals surface area contributed by atoms with Gasteiger partial charge in [0.1, 0.15) is 0 Å². The molecule has 0 N–H and O–H groups in total. The van der Waals surface area contributed by atoms with Crippen LogP contribution in [0.25, 0.3) is 0 Å². The summed E-state index contributed by atoms with van der Waals surface area (Å²) in [6.07, 6.45) is 0. The molecule has 142 valence electrons. The first-order valence-electron chi connectivity index (χ1n) is 9.74. The molecular formula is C16H42GeN4Si3. The van der Waals surface area contributed by atoms with Crippen molar-refractivity contribution >= 4 is 38.6 Å². The molecule has 3 aliphatic rings. The topological polar surface area (TPSA) is 13.0 Å². The predicted molar refractivity (Wildman–Crippen MR) is 118 cm³/mol. The summed E-state index contributed by atoms with van der Waals surface area (Å²) < 4.78 is 9.44. The molecule has 3 rings (SSSR count). The molecule has 3 heterocycles. The van der Waals surface area contributed by atoms with Gasteiger partial charge in [-0.2, -0.15) is 0 Å². The monoisotopic (exact) mass is 448 g/mol. The van der Waals surface area contributed by atoms with Gasteiger partial charge in [0.2, 0.25) is 0 Å². The fourth-order valence-electron chi connectivity index (χ4n) is 5.04. The van der Waals surface area contributed by atoms with Crippen molar-refractivity contribution in [3.8, 4) is 0 Å². The molecule has 0 saturated carbocycles. The minimum absolute atomic E-state index is 1.30. The van der Waals surface area contributed by atoms with Gasteiger partial charge >= 0.3 is 158 Å². The molecule has 0 atom stereocenters. The van der Waals surface area contributed by atoms with E-state index in [1.807, 2.05) is 0 Å². The molecule has 2 bridgehead atoms. The number of hydrogen-bond donors (Lipinski definition) is 0. The Labute approximate surface area is 157 Å². The van der Waals surface area contributed by atoms with Gasteiger partial charge in [-0.3, -0.25) is 0 Å². The van der Waals surface area contributed by atoms with Crippen molar-refractivity contribution in [2.45, 2.75) is 64.7 Å². The zero-order chi connectivity index (χ0) is 18.6.